The van der Waals surface area contributed by atoms with Gasteiger partial charge in [0.05, 0.1) is 17.1 Å². The average Bonchev–Trinajstić information content (AvgIpc) is 3.67. The molecule has 0 unspecified atom stereocenters. The van der Waals surface area contributed by atoms with Gasteiger partial charge in [0, 0.05) is 34.8 Å². The van der Waals surface area contributed by atoms with E-state index >= 15 is 0 Å². The molecule has 0 bridgehead atoms. The first-order valence-electron chi connectivity index (χ1n) is 11.6. The first kappa shape index (κ1) is 24.9. The second kappa shape index (κ2) is 9.29. The molecule has 190 valence electrons. The zero-order valence-corrected chi connectivity index (χ0v) is 22.4. The molecule has 0 spiro atoms. The molecular weight excluding hydrogens is 592 g/mol. The number of halogens is 2. The fraction of sp³-hybridized carbons (Fsp3) is 0.231. The van der Waals surface area contributed by atoms with Crippen LogP contribution < -0.4 is 27.4 Å². The Labute approximate surface area is 223 Å². The molecule has 1 aliphatic rings. The summed E-state index contributed by atoms with van der Waals surface area (Å²) in [6, 6.07) is 10.9. The maximum absolute atomic E-state index is 14.8. The minimum Gasteiger partial charge on any atom is -0.352 e. The topological polar surface area (TPSA) is 107 Å². The molecule has 11 heteroatoms. The number of nitrogens with zero attached hydrogens (tertiary/aromatic N) is 3. The second-order valence-electron chi connectivity index (χ2n) is 9.07. The van der Waals surface area contributed by atoms with E-state index in [4.69, 9.17) is 0 Å². The number of rotatable bonds is 5. The van der Waals surface area contributed by atoms with E-state index in [0.717, 1.165) is 0 Å². The minimum absolute atomic E-state index is 0.0656. The summed E-state index contributed by atoms with van der Waals surface area (Å²) in [7, 11) is 1.49. The molecule has 2 heterocycles. The van der Waals surface area contributed by atoms with E-state index in [1.165, 1.54) is 39.8 Å². The van der Waals surface area contributed by atoms with Crippen molar-refractivity contribution in [3.05, 3.63) is 88.6 Å². The highest BCUT2D eigenvalue weighted by Gasteiger charge is 2.31. The van der Waals surface area contributed by atoms with Crippen molar-refractivity contribution in [2.75, 3.05) is 10.6 Å². The molecule has 1 fully saturated rings. The first-order valence-corrected chi connectivity index (χ1v) is 12.7. The lowest BCUT2D eigenvalue weighted by Crippen LogP contribution is -2.41. The molecule has 2 aromatic carbocycles. The van der Waals surface area contributed by atoms with Crippen molar-refractivity contribution in [1.82, 2.24) is 13.7 Å². The van der Waals surface area contributed by atoms with Gasteiger partial charge in [-0.1, -0.05) is 6.07 Å². The molecule has 0 aliphatic heterocycles. The highest BCUT2D eigenvalue weighted by atomic mass is 127. The predicted octanol–water partition coefficient (Wildman–Crippen LogP) is 3.94. The van der Waals surface area contributed by atoms with Crippen LogP contribution in [0.3, 0.4) is 0 Å². The number of carbonyl (C=O) groups excluding carboxylic acids is 1. The second-order valence-corrected chi connectivity index (χ2v) is 10.3. The van der Waals surface area contributed by atoms with Crippen molar-refractivity contribution in [3.63, 3.8) is 0 Å². The summed E-state index contributed by atoms with van der Waals surface area (Å²) in [5.74, 6) is -0.828. The van der Waals surface area contributed by atoms with Gasteiger partial charge in [-0.2, -0.15) is 0 Å². The third-order valence-corrected chi connectivity index (χ3v) is 7.03. The van der Waals surface area contributed by atoms with Crippen molar-refractivity contribution in [2.24, 2.45) is 7.05 Å². The van der Waals surface area contributed by atoms with Gasteiger partial charge in [-0.15, -0.1) is 0 Å². The average molecular weight is 615 g/mol. The van der Waals surface area contributed by atoms with Gasteiger partial charge in [-0.05, 0) is 78.8 Å². The number of nitrogens with one attached hydrogen (secondary N) is 2. The van der Waals surface area contributed by atoms with Gasteiger partial charge >= 0.3 is 5.69 Å². The summed E-state index contributed by atoms with van der Waals surface area (Å²) in [6.45, 7) is 2.93. The van der Waals surface area contributed by atoms with Crippen molar-refractivity contribution in [1.29, 1.82) is 0 Å². The number of amides is 1. The Morgan fingerprint density at radius 2 is 1.81 bits per heavy atom. The SMILES string of the molecule is CC(=O)Nc1cccc(-n2c(=O)n(C3CC3)c(=O)c3c(Nc4ccc(I)cc4F)c(C)c(=O)n(C)c32)c1. The summed E-state index contributed by atoms with van der Waals surface area (Å²) in [5.41, 5.74) is -0.262. The molecule has 5 rings (SSSR count). The zero-order valence-electron chi connectivity index (χ0n) is 20.3. The molecule has 1 saturated carbocycles. The van der Waals surface area contributed by atoms with E-state index in [-0.39, 0.29) is 39.9 Å². The van der Waals surface area contributed by atoms with E-state index in [1.54, 1.807) is 37.3 Å². The largest absolute Gasteiger partial charge is 0.352 e. The van der Waals surface area contributed by atoms with E-state index < -0.39 is 22.6 Å². The van der Waals surface area contributed by atoms with Crippen molar-refractivity contribution >= 4 is 56.6 Å². The van der Waals surface area contributed by atoms with Crippen LogP contribution in [0.2, 0.25) is 0 Å². The minimum atomic E-state index is -0.592. The number of hydrogen-bond donors (Lipinski definition) is 2. The van der Waals surface area contributed by atoms with Gasteiger partial charge in [-0.3, -0.25) is 23.5 Å². The number of pyridine rings is 1. The third kappa shape index (κ3) is 4.37. The molecule has 0 atom stereocenters. The molecule has 37 heavy (non-hydrogen) atoms. The van der Waals surface area contributed by atoms with Crippen LogP contribution in [0.15, 0.2) is 56.8 Å². The van der Waals surface area contributed by atoms with E-state index in [0.29, 0.717) is 27.8 Å². The lowest BCUT2D eigenvalue weighted by Gasteiger charge is -2.21. The number of hydrogen-bond acceptors (Lipinski definition) is 5. The van der Waals surface area contributed by atoms with E-state index in [2.05, 4.69) is 10.6 Å². The fourth-order valence-electron chi connectivity index (χ4n) is 4.49. The quantitative estimate of drug-likeness (QED) is 0.331. The number of fused-ring (bicyclic) bond motifs is 1. The van der Waals surface area contributed by atoms with Crippen LogP contribution in [0.5, 0.6) is 0 Å². The molecule has 0 radical (unpaired) electrons. The normalized spacial score (nSPS) is 13.1. The lowest BCUT2D eigenvalue weighted by atomic mass is 10.1. The first-order chi connectivity index (χ1) is 17.6. The monoisotopic (exact) mass is 615 g/mol. The van der Waals surface area contributed by atoms with E-state index in [9.17, 15) is 23.6 Å². The van der Waals surface area contributed by atoms with Crippen LogP contribution in [0.1, 0.15) is 31.4 Å². The number of anilines is 3. The zero-order chi connectivity index (χ0) is 26.6. The Bertz CT molecular complexity index is 1790. The lowest BCUT2D eigenvalue weighted by molar-refractivity contribution is -0.114. The molecule has 2 aromatic heterocycles. The summed E-state index contributed by atoms with van der Waals surface area (Å²) in [4.78, 5) is 52.6. The number of aryl methyl sites for hydroxylation is 1. The van der Waals surface area contributed by atoms with Gasteiger partial charge in [0.1, 0.15) is 16.9 Å². The van der Waals surface area contributed by atoms with Crippen LogP contribution in [0, 0.1) is 16.3 Å². The molecule has 0 saturated heterocycles. The summed E-state index contributed by atoms with van der Waals surface area (Å²) >= 11 is 1.99. The maximum Gasteiger partial charge on any atom is 0.337 e. The molecule has 4 aromatic rings. The van der Waals surface area contributed by atoms with Crippen LogP contribution >= 0.6 is 22.6 Å². The van der Waals surface area contributed by atoms with Gasteiger partial charge in [-0.25, -0.2) is 13.8 Å². The van der Waals surface area contributed by atoms with Crippen LogP contribution in [0.4, 0.5) is 21.5 Å². The smallest absolute Gasteiger partial charge is 0.337 e. The molecular formula is C26H23FIN5O4. The van der Waals surface area contributed by atoms with Crippen molar-refractivity contribution in [2.45, 2.75) is 32.7 Å². The van der Waals surface area contributed by atoms with Crippen LogP contribution in [-0.4, -0.2) is 19.6 Å². The van der Waals surface area contributed by atoms with Gasteiger partial charge in [0.25, 0.3) is 11.1 Å². The maximum atomic E-state index is 14.8. The highest BCUT2D eigenvalue weighted by Crippen LogP contribution is 2.34. The molecule has 9 nitrogen and oxygen atoms in total. The van der Waals surface area contributed by atoms with Crippen molar-refractivity contribution < 1.29 is 9.18 Å². The van der Waals surface area contributed by atoms with Crippen LogP contribution in [0.25, 0.3) is 16.7 Å². The van der Waals surface area contributed by atoms with Gasteiger partial charge < -0.3 is 10.6 Å². The van der Waals surface area contributed by atoms with Gasteiger partial charge in [0.2, 0.25) is 5.91 Å². The fourth-order valence-corrected chi connectivity index (χ4v) is 4.94. The third-order valence-electron chi connectivity index (χ3n) is 6.36. The Hall–Kier alpha value is -3.74. The highest BCUT2D eigenvalue weighted by molar-refractivity contribution is 14.1. The van der Waals surface area contributed by atoms with Crippen molar-refractivity contribution in [3.8, 4) is 5.69 Å². The standard InChI is InChI=1S/C26H23FIN5O4/c1-13-22(30-20-10-7-15(28)11-19(20)27)21-23(31(3)24(13)35)32(26(37)33(25(21)36)17-8-9-17)18-6-4-5-16(12-18)29-14(2)34/h4-7,10-12,17,30H,8-9H2,1-3H3,(H,29,34). The number of benzene rings is 2. The number of aromatic nitrogens is 3. The Morgan fingerprint density at radius 1 is 1.08 bits per heavy atom. The summed E-state index contributed by atoms with van der Waals surface area (Å²) < 4.78 is 19.2. The molecule has 2 N–H and O–H groups in total. The summed E-state index contributed by atoms with van der Waals surface area (Å²) in [5, 5.41) is 5.74. The molecule has 1 amide bonds. The summed E-state index contributed by atoms with van der Waals surface area (Å²) in [6.07, 6.45) is 1.34. The van der Waals surface area contributed by atoms with Gasteiger partial charge in [0.15, 0.2) is 0 Å². The number of carbonyl (C=O) groups is 1. The van der Waals surface area contributed by atoms with Crippen LogP contribution in [-0.2, 0) is 11.8 Å². The predicted molar refractivity (Wildman–Crippen MR) is 149 cm³/mol. The Balaban J connectivity index is 1.90. The van der Waals surface area contributed by atoms with E-state index in [1.807, 2.05) is 22.6 Å². The Kier molecular flexibility index (Phi) is 6.26. The molecule has 1 aliphatic carbocycles. The Morgan fingerprint density at radius 3 is 2.46 bits per heavy atom.